The molecule has 1 saturated carbocycles. The highest BCUT2D eigenvalue weighted by Gasteiger charge is 2.51. The molecule has 2 rings (SSSR count). The van der Waals surface area contributed by atoms with Crippen LogP contribution >= 0.6 is 0 Å². The molecule has 0 spiro atoms. The third-order valence-corrected chi connectivity index (χ3v) is 10.1. The molecule has 0 radical (unpaired) electrons. The predicted octanol–water partition coefficient (Wildman–Crippen LogP) is 2.96. The molecule has 2 fully saturated rings. The van der Waals surface area contributed by atoms with Gasteiger partial charge in [0.25, 0.3) is 0 Å². The Balaban J connectivity index is 2.27. The van der Waals surface area contributed by atoms with E-state index in [0.717, 1.165) is 31.8 Å². The zero-order valence-electron chi connectivity index (χ0n) is 13.8. The lowest BCUT2D eigenvalue weighted by Crippen LogP contribution is -2.59. The van der Waals surface area contributed by atoms with Crippen molar-refractivity contribution in [1.82, 2.24) is 0 Å². The Labute approximate surface area is 128 Å². The molecule has 1 aliphatic carbocycles. The van der Waals surface area contributed by atoms with Crippen LogP contribution in [-0.2, 0) is 18.8 Å². The van der Waals surface area contributed by atoms with Crippen LogP contribution in [0, 0.1) is 11.8 Å². The average molecular weight is 312 g/mol. The van der Waals surface area contributed by atoms with Gasteiger partial charge in [0.2, 0.25) is 0 Å². The van der Waals surface area contributed by atoms with Gasteiger partial charge in [-0.15, -0.1) is 0 Å². The molecule has 2 aliphatic rings. The van der Waals surface area contributed by atoms with E-state index in [1.165, 1.54) is 0 Å². The monoisotopic (exact) mass is 312 g/mol. The van der Waals surface area contributed by atoms with Gasteiger partial charge in [-0.25, -0.2) is 0 Å². The number of rotatable bonds is 4. The summed E-state index contributed by atoms with van der Waals surface area (Å²) in [5, 5.41) is 0.118. The molecular formula is C16H28O4Si. The van der Waals surface area contributed by atoms with Gasteiger partial charge in [0, 0.05) is 11.8 Å². The lowest BCUT2D eigenvalue weighted by atomic mass is 9.72. The van der Waals surface area contributed by atoms with E-state index in [4.69, 9.17) is 9.16 Å². The normalized spacial score (nSPS) is 37.1. The molecule has 21 heavy (non-hydrogen) atoms. The topological polar surface area (TPSA) is 52.6 Å². The van der Waals surface area contributed by atoms with Crippen LogP contribution in [0.4, 0.5) is 0 Å². The van der Waals surface area contributed by atoms with Gasteiger partial charge in [-0.1, -0.05) is 27.2 Å². The number of hydrogen-bond donors (Lipinski definition) is 0. The number of hydrogen-bond acceptors (Lipinski definition) is 4. The third kappa shape index (κ3) is 3.15. The summed E-state index contributed by atoms with van der Waals surface area (Å²) in [6.45, 7) is 11.1. The minimum atomic E-state index is -1.93. The highest BCUT2D eigenvalue weighted by Crippen LogP contribution is 2.46. The standard InChI is InChI=1S/C16H28O4Si/c1-16(2,3)21(4,5)20-15-11-7-6-8-12(15)14(10-18)19-13(11)9-17/h9-15H,6-8H2,1-5H3/t11-,12+,13-,14+,15?. The minimum absolute atomic E-state index is 0.0150. The first-order valence-electron chi connectivity index (χ1n) is 7.95. The van der Waals surface area contributed by atoms with Crippen LogP contribution in [0.15, 0.2) is 0 Å². The second kappa shape index (κ2) is 5.93. The lowest BCUT2D eigenvalue weighted by molar-refractivity contribution is -0.181. The zero-order valence-corrected chi connectivity index (χ0v) is 14.8. The van der Waals surface area contributed by atoms with Crippen LogP contribution in [0.3, 0.4) is 0 Å². The Hall–Kier alpha value is -0.523. The summed E-state index contributed by atoms with van der Waals surface area (Å²) in [4.78, 5) is 22.7. The zero-order chi connectivity index (χ0) is 15.8. The smallest absolute Gasteiger partial charge is 0.192 e. The third-order valence-electron chi connectivity index (χ3n) is 5.58. The SMILES string of the molecule is CC(C)(C)[Si](C)(C)OC1[C@H]2CCC[C@@H]1[C@@H](C=O)O[C@H]2C=O. The van der Waals surface area contributed by atoms with Crippen LogP contribution in [0.25, 0.3) is 0 Å². The second-order valence-corrected chi connectivity index (χ2v) is 12.7. The maximum absolute atomic E-state index is 11.3. The molecule has 120 valence electrons. The van der Waals surface area contributed by atoms with Gasteiger partial charge >= 0.3 is 0 Å². The predicted molar refractivity (Wildman–Crippen MR) is 83.7 cm³/mol. The highest BCUT2D eigenvalue weighted by molar-refractivity contribution is 6.74. The van der Waals surface area contributed by atoms with Crippen LogP contribution in [0.5, 0.6) is 0 Å². The van der Waals surface area contributed by atoms with Gasteiger partial charge in [-0.05, 0) is 31.0 Å². The molecule has 5 atom stereocenters. The molecule has 0 aromatic rings. The molecule has 0 aromatic carbocycles. The summed E-state index contributed by atoms with van der Waals surface area (Å²) in [6.07, 6.45) is 3.65. The Morgan fingerprint density at radius 1 is 1.05 bits per heavy atom. The molecule has 0 aromatic heterocycles. The quantitative estimate of drug-likeness (QED) is 0.591. The van der Waals surface area contributed by atoms with Gasteiger partial charge in [0.1, 0.15) is 24.8 Å². The van der Waals surface area contributed by atoms with E-state index in [1.807, 2.05) is 0 Å². The lowest BCUT2D eigenvalue weighted by Gasteiger charge is -2.51. The number of carbonyl (C=O) groups excluding carboxylic acids is 2. The van der Waals surface area contributed by atoms with Crippen molar-refractivity contribution in [2.45, 2.75) is 76.5 Å². The van der Waals surface area contributed by atoms with E-state index < -0.39 is 20.5 Å². The van der Waals surface area contributed by atoms with Crippen molar-refractivity contribution in [3.05, 3.63) is 0 Å². The second-order valence-electron chi connectivity index (χ2n) is 7.94. The summed E-state index contributed by atoms with van der Waals surface area (Å²) >= 11 is 0. The molecule has 0 amide bonds. The fourth-order valence-corrected chi connectivity index (χ4v) is 4.66. The van der Waals surface area contributed by atoms with Crippen molar-refractivity contribution < 1.29 is 18.8 Å². The van der Waals surface area contributed by atoms with Crippen molar-refractivity contribution >= 4 is 20.9 Å². The summed E-state index contributed by atoms with van der Waals surface area (Å²) in [5.74, 6) is 0.207. The van der Waals surface area contributed by atoms with Gasteiger partial charge in [0.05, 0.1) is 6.10 Å². The van der Waals surface area contributed by atoms with Gasteiger partial charge in [-0.3, -0.25) is 0 Å². The molecule has 1 heterocycles. The van der Waals surface area contributed by atoms with Crippen molar-refractivity contribution in [3.63, 3.8) is 0 Å². The van der Waals surface area contributed by atoms with Crippen LogP contribution in [-0.4, -0.2) is 39.2 Å². The van der Waals surface area contributed by atoms with Gasteiger partial charge < -0.3 is 18.8 Å². The first kappa shape index (κ1) is 16.8. The van der Waals surface area contributed by atoms with Crippen LogP contribution < -0.4 is 0 Å². The number of aldehydes is 2. The Morgan fingerprint density at radius 2 is 1.52 bits per heavy atom. The Bertz CT molecular complexity index is 380. The van der Waals surface area contributed by atoms with Crippen molar-refractivity contribution in [3.8, 4) is 0 Å². The van der Waals surface area contributed by atoms with Crippen molar-refractivity contribution in [2.24, 2.45) is 11.8 Å². The van der Waals surface area contributed by atoms with Crippen LogP contribution in [0.2, 0.25) is 18.1 Å². The summed E-state index contributed by atoms with van der Waals surface area (Å²) in [5.41, 5.74) is 0. The van der Waals surface area contributed by atoms with Gasteiger partial charge in [0.15, 0.2) is 8.32 Å². The van der Waals surface area contributed by atoms with Crippen molar-refractivity contribution in [1.29, 1.82) is 0 Å². The maximum atomic E-state index is 11.3. The van der Waals surface area contributed by atoms with Crippen molar-refractivity contribution in [2.75, 3.05) is 0 Å². The fourth-order valence-electron chi connectivity index (χ4n) is 3.28. The molecule has 2 bridgehead atoms. The average Bonchev–Trinajstić information content (AvgIpc) is 2.37. The molecule has 1 unspecified atom stereocenters. The van der Waals surface area contributed by atoms with E-state index in [9.17, 15) is 9.59 Å². The first-order valence-corrected chi connectivity index (χ1v) is 10.9. The van der Waals surface area contributed by atoms with Gasteiger partial charge in [-0.2, -0.15) is 0 Å². The number of ether oxygens (including phenoxy) is 1. The van der Waals surface area contributed by atoms with E-state index in [0.29, 0.717) is 0 Å². The largest absolute Gasteiger partial charge is 0.413 e. The number of carbonyl (C=O) groups is 2. The fraction of sp³-hybridized carbons (Fsp3) is 0.875. The maximum Gasteiger partial charge on any atom is 0.192 e. The van der Waals surface area contributed by atoms with Crippen LogP contribution in [0.1, 0.15) is 40.0 Å². The Morgan fingerprint density at radius 3 is 1.90 bits per heavy atom. The van der Waals surface area contributed by atoms with E-state index in [-0.39, 0.29) is 23.0 Å². The molecule has 0 N–H and O–H groups in total. The highest BCUT2D eigenvalue weighted by atomic mass is 28.4. The Kier molecular flexibility index (Phi) is 4.76. The summed E-state index contributed by atoms with van der Waals surface area (Å²) < 4.78 is 12.3. The molecule has 1 aliphatic heterocycles. The minimum Gasteiger partial charge on any atom is -0.413 e. The van der Waals surface area contributed by atoms with E-state index in [1.54, 1.807) is 0 Å². The molecule has 4 nitrogen and oxygen atoms in total. The molecule has 5 heteroatoms. The first-order chi connectivity index (χ1) is 9.71. The summed E-state index contributed by atoms with van der Waals surface area (Å²) in [6, 6.07) is 0. The van der Waals surface area contributed by atoms with E-state index in [2.05, 4.69) is 33.9 Å². The molecule has 1 saturated heterocycles. The molecular weight excluding hydrogens is 284 g/mol. The van der Waals surface area contributed by atoms with E-state index >= 15 is 0 Å². The summed E-state index contributed by atoms with van der Waals surface area (Å²) in [7, 11) is -1.93. The number of fused-ring (bicyclic) bond motifs is 2.